The Morgan fingerprint density at radius 1 is 1.24 bits per heavy atom. The van der Waals surface area contributed by atoms with Crippen LogP contribution in [-0.2, 0) is 0 Å². The number of nitrogens with one attached hydrogen (secondary N) is 3. The first kappa shape index (κ1) is 27.5. The van der Waals surface area contributed by atoms with E-state index in [1.54, 1.807) is 18.2 Å². The summed E-state index contributed by atoms with van der Waals surface area (Å²) >= 11 is -0.264. The molecule has 4 N–H and O–H groups in total. The third kappa shape index (κ3) is 6.46. The van der Waals surface area contributed by atoms with Crippen LogP contribution in [-0.4, -0.2) is 71.8 Å². The molecule has 0 unspecified atom stereocenters. The highest BCUT2D eigenvalue weighted by Gasteiger charge is 2.33. The predicted octanol–water partition coefficient (Wildman–Crippen LogP) is 4.53. The molecule has 0 saturated carbocycles. The lowest BCUT2D eigenvalue weighted by molar-refractivity contribution is -0.0329. The lowest BCUT2D eigenvalue weighted by atomic mass is 10.0. The number of thioether (sulfide) groups is 1. The van der Waals surface area contributed by atoms with Crippen molar-refractivity contribution in [3.63, 3.8) is 0 Å². The third-order valence-electron chi connectivity index (χ3n) is 6.14. The maximum atomic E-state index is 14.6. The number of hydrogen-bond acceptors (Lipinski definition) is 6. The number of aromatic hydroxyl groups is 1. The minimum Gasteiger partial charge on any atom is -0.506 e. The van der Waals surface area contributed by atoms with Gasteiger partial charge >= 0.3 is 5.51 Å². The first-order chi connectivity index (χ1) is 18.1. The second-order valence-electron chi connectivity index (χ2n) is 8.87. The average Bonchev–Trinajstić information content (AvgIpc) is 3.20. The number of carbonyl (C=O) groups is 1. The van der Waals surface area contributed by atoms with Gasteiger partial charge in [0.25, 0.3) is 5.91 Å². The van der Waals surface area contributed by atoms with Crippen molar-refractivity contribution in [2.45, 2.75) is 29.2 Å². The number of aromatic nitrogens is 1. The molecule has 2 atom stereocenters. The van der Waals surface area contributed by atoms with Gasteiger partial charge in [0, 0.05) is 43.7 Å². The predicted molar refractivity (Wildman–Crippen MR) is 141 cm³/mol. The second kappa shape index (κ2) is 11.4. The van der Waals surface area contributed by atoms with Gasteiger partial charge in [-0.3, -0.25) is 4.79 Å². The Bertz CT molecular complexity index is 1380. The molecule has 0 bridgehead atoms. The van der Waals surface area contributed by atoms with E-state index in [0.29, 0.717) is 29.9 Å². The maximum absolute atomic E-state index is 14.6. The Balaban J connectivity index is 1.58. The summed E-state index contributed by atoms with van der Waals surface area (Å²) in [4.78, 5) is 13.6. The van der Waals surface area contributed by atoms with Crippen LogP contribution in [0.1, 0.15) is 22.3 Å². The van der Waals surface area contributed by atoms with Gasteiger partial charge in [0.1, 0.15) is 16.9 Å². The number of benzene rings is 1. The van der Waals surface area contributed by atoms with E-state index in [0.717, 1.165) is 0 Å². The first-order valence-electron chi connectivity index (χ1n) is 11.8. The highest BCUT2D eigenvalue weighted by Crippen LogP contribution is 2.40. The highest BCUT2D eigenvalue weighted by atomic mass is 32.2. The van der Waals surface area contributed by atoms with E-state index < -0.39 is 17.7 Å². The molecule has 38 heavy (non-hydrogen) atoms. The van der Waals surface area contributed by atoms with Crippen molar-refractivity contribution in [2.75, 3.05) is 44.4 Å². The molecule has 1 saturated heterocycles. The van der Waals surface area contributed by atoms with E-state index >= 15 is 0 Å². The average molecular weight is 550 g/mol. The van der Waals surface area contributed by atoms with Crippen LogP contribution >= 0.6 is 11.8 Å². The number of carbonyl (C=O) groups excluding carboxylic acids is 1. The van der Waals surface area contributed by atoms with E-state index in [1.807, 2.05) is 11.9 Å². The quantitative estimate of drug-likeness (QED) is 0.157. The number of piperidine rings is 1. The van der Waals surface area contributed by atoms with E-state index in [4.69, 9.17) is 0 Å². The smallest absolute Gasteiger partial charge is 0.447 e. The number of phenols is 1. The molecule has 1 aromatic carbocycles. The van der Waals surface area contributed by atoms with Crippen LogP contribution in [0.4, 0.5) is 28.9 Å². The van der Waals surface area contributed by atoms with Gasteiger partial charge < -0.3 is 30.4 Å². The Morgan fingerprint density at radius 2 is 2.03 bits per heavy atom. The SMILES string of the molecule is CNC(=O)c1ccc(NCC#Cc2cc3c(N[C@@H]4CCN(C)C[C@@H]4F)cccn3c2SC(F)(F)F)c(O)c1. The van der Waals surface area contributed by atoms with Gasteiger partial charge in [-0.25, -0.2) is 4.39 Å². The Kier molecular flexibility index (Phi) is 8.28. The monoisotopic (exact) mass is 549 g/mol. The van der Waals surface area contributed by atoms with Crippen LogP contribution in [0.5, 0.6) is 5.75 Å². The van der Waals surface area contributed by atoms with Gasteiger partial charge in [-0.15, -0.1) is 0 Å². The molecule has 0 aliphatic carbocycles. The molecular weight excluding hydrogens is 522 g/mol. The summed E-state index contributed by atoms with van der Waals surface area (Å²) in [6, 6.07) is 8.77. The summed E-state index contributed by atoms with van der Waals surface area (Å²) in [6.07, 6.45) is 0.977. The summed E-state index contributed by atoms with van der Waals surface area (Å²) in [6.45, 7) is 1.02. The fourth-order valence-electron chi connectivity index (χ4n) is 4.26. The number of halogens is 4. The summed E-state index contributed by atoms with van der Waals surface area (Å²) < 4.78 is 56.3. The van der Waals surface area contributed by atoms with E-state index in [-0.39, 0.29) is 52.7 Å². The highest BCUT2D eigenvalue weighted by molar-refractivity contribution is 8.00. The van der Waals surface area contributed by atoms with Crippen molar-refractivity contribution in [3.8, 4) is 17.6 Å². The van der Waals surface area contributed by atoms with Crippen LogP contribution in [0.2, 0.25) is 0 Å². The van der Waals surface area contributed by atoms with Gasteiger partial charge in [0.05, 0.1) is 35.0 Å². The van der Waals surface area contributed by atoms with Crippen LogP contribution in [0.25, 0.3) is 5.52 Å². The lowest BCUT2D eigenvalue weighted by Crippen LogP contribution is -2.46. The van der Waals surface area contributed by atoms with Crippen LogP contribution in [0.3, 0.4) is 0 Å². The van der Waals surface area contributed by atoms with Crippen LogP contribution in [0.15, 0.2) is 47.6 Å². The number of hydrogen-bond donors (Lipinski definition) is 4. The largest absolute Gasteiger partial charge is 0.506 e. The normalized spacial score (nSPS) is 18.1. The molecule has 0 spiro atoms. The molecule has 3 heterocycles. The number of anilines is 2. The Hall–Kier alpha value is -3.56. The molecule has 4 rings (SSSR count). The third-order valence-corrected chi connectivity index (χ3v) is 6.98. The fraction of sp³-hybridized carbons (Fsp3) is 0.346. The zero-order valence-corrected chi connectivity index (χ0v) is 21.5. The standard InChI is InChI=1S/C26H27F4N5O2S/c1-31-24(37)16-7-8-21(23(36)14-16)32-10-3-5-17-13-22-20(33-19-9-12-34(2)15-18(19)27)6-4-11-35(22)25(17)38-26(28,29)30/h4,6-8,11,13-14,18-19,32-33,36H,9-10,12,15H2,1-2H3,(H,31,37)/t18-,19+/m0/s1. The molecule has 1 fully saturated rings. The summed E-state index contributed by atoms with van der Waals surface area (Å²) in [5.41, 5.74) is -2.78. The second-order valence-corrected chi connectivity index (χ2v) is 9.93. The Labute approximate surface area is 221 Å². The number of likely N-dealkylation sites (tertiary alicyclic amines) is 1. The Morgan fingerprint density at radius 3 is 2.71 bits per heavy atom. The van der Waals surface area contributed by atoms with Crippen molar-refractivity contribution < 1.29 is 27.5 Å². The van der Waals surface area contributed by atoms with Gasteiger partial charge in [0.2, 0.25) is 0 Å². The van der Waals surface area contributed by atoms with Crippen molar-refractivity contribution in [3.05, 3.63) is 53.7 Å². The number of nitrogens with zero attached hydrogens (tertiary/aromatic N) is 2. The molecule has 2 aromatic heterocycles. The van der Waals surface area contributed by atoms with Gasteiger partial charge in [-0.2, -0.15) is 13.2 Å². The summed E-state index contributed by atoms with van der Waals surface area (Å²) in [5.74, 6) is 5.07. The fourth-order valence-corrected chi connectivity index (χ4v) is 4.96. The molecule has 0 radical (unpaired) electrons. The minimum atomic E-state index is -4.54. The van der Waals surface area contributed by atoms with Crippen LogP contribution < -0.4 is 16.0 Å². The minimum absolute atomic E-state index is 0.0272. The number of fused-ring (bicyclic) bond motifs is 1. The van der Waals surface area contributed by atoms with E-state index in [9.17, 15) is 27.5 Å². The first-order valence-corrected chi connectivity index (χ1v) is 12.6. The maximum Gasteiger partial charge on any atom is 0.447 e. The molecule has 202 valence electrons. The molecule has 1 aliphatic rings. The molecule has 12 heteroatoms. The van der Waals surface area contributed by atoms with Gasteiger partial charge in [-0.1, -0.05) is 11.8 Å². The topological polar surface area (TPSA) is 81.0 Å². The molecule has 7 nitrogen and oxygen atoms in total. The van der Waals surface area contributed by atoms with Crippen molar-refractivity contribution in [1.29, 1.82) is 0 Å². The van der Waals surface area contributed by atoms with Crippen molar-refractivity contribution >= 4 is 34.6 Å². The number of pyridine rings is 1. The summed E-state index contributed by atoms with van der Waals surface area (Å²) in [7, 11) is 3.32. The van der Waals surface area contributed by atoms with E-state index in [1.165, 1.54) is 35.8 Å². The molecule has 1 amide bonds. The zero-order chi connectivity index (χ0) is 27.4. The zero-order valence-electron chi connectivity index (χ0n) is 20.7. The van der Waals surface area contributed by atoms with Crippen molar-refractivity contribution in [2.24, 2.45) is 0 Å². The van der Waals surface area contributed by atoms with E-state index in [2.05, 4.69) is 27.8 Å². The number of phenolic OH excluding ortho intramolecular Hbond substituents is 1. The molecule has 3 aromatic rings. The number of rotatable bonds is 6. The lowest BCUT2D eigenvalue weighted by Gasteiger charge is -2.33. The van der Waals surface area contributed by atoms with Gasteiger partial charge in [0.15, 0.2) is 0 Å². The summed E-state index contributed by atoms with van der Waals surface area (Å²) in [5, 5.41) is 18.6. The van der Waals surface area contributed by atoms with Gasteiger partial charge in [-0.05, 0) is 49.9 Å². The number of alkyl halides is 4. The molecule has 1 aliphatic heterocycles. The van der Waals surface area contributed by atoms with Crippen LogP contribution in [0, 0.1) is 11.8 Å². The number of amides is 1. The molecular formula is C26H27F4N5O2S. The van der Waals surface area contributed by atoms with Crippen molar-refractivity contribution in [1.82, 2.24) is 14.6 Å².